The zero-order chi connectivity index (χ0) is 30.9. The minimum absolute atomic E-state index is 0.819. The lowest BCUT2D eigenvalue weighted by Crippen LogP contribution is -2.09. The fraction of sp³-hybridized carbons (Fsp3) is 0. The molecule has 3 nitrogen and oxygen atoms in total. The second kappa shape index (κ2) is 10.1. The Morgan fingerprint density at radius 3 is 1.85 bits per heavy atom. The Morgan fingerprint density at radius 2 is 0.979 bits per heavy atom. The van der Waals surface area contributed by atoms with Gasteiger partial charge in [0, 0.05) is 33.2 Å². The summed E-state index contributed by atoms with van der Waals surface area (Å²) >= 11 is 0. The molecule has 0 atom stereocenters. The molecule has 0 radical (unpaired) electrons. The van der Waals surface area contributed by atoms with Gasteiger partial charge in [-0.25, -0.2) is 0 Å². The molecule has 2 heterocycles. The highest BCUT2D eigenvalue weighted by Crippen LogP contribution is 2.44. The lowest BCUT2D eigenvalue weighted by atomic mass is 10.0. The van der Waals surface area contributed by atoms with Crippen LogP contribution >= 0.6 is 0 Å². The van der Waals surface area contributed by atoms with E-state index >= 15 is 0 Å². The van der Waals surface area contributed by atoms with Gasteiger partial charge in [-0.1, -0.05) is 97.1 Å². The van der Waals surface area contributed by atoms with Gasteiger partial charge in [0.25, 0.3) is 0 Å². The summed E-state index contributed by atoms with van der Waals surface area (Å²) in [6.07, 6.45) is 0. The Labute approximate surface area is 270 Å². The Balaban J connectivity index is 1.14. The molecule has 0 bridgehead atoms. The van der Waals surface area contributed by atoms with E-state index in [1.807, 2.05) is 0 Å². The number of furan rings is 2. The van der Waals surface area contributed by atoms with Crippen LogP contribution < -0.4 is 4.90 Å². The lowest BCUT2D eigenvalue weighted by molar-refractivity contribution is 0.663. The first-order chi connectivity index (χ1) is 23.3. The molecule has 0 unspecified atom stereocenters. The van der Waals surface area contributed by atoms with Gasteiger partial charge in [-0.05, 0) is 99.4 Å². The van der Waals surface area contributed by atoms with Gasteiger partial charge in [0.15, 0.2) is 0 Å². The summed E-state index contributed by atoms with van der Waals surface area (Å²) in [5, 5.41) is 9.15. The predicted octanol–water partition coefficient (Wildman–Crippen LogP) is 12.9. The van der Waals surface area contributed by atoms with Crippen molar-refractivity contribution >= 4 is 82.5 Å². The van der Waals surface area contributed by atoms with E-state index in [0.717, 1.165) is 60.9 Å². The highest BCUT2D eigenvalue weighted by Gasteiger charge is 2.20. The van der Waals surface area contributed by atoms with E-state index in [9.17, 15) is 0 Å². The third-order valence-corrected chi connectivity index (χ3v) is 9.42. The first-order valence-corrected chi connectivity index (χ1v) is 15.9. The molecule has 0 N–H and O–H groups in total. The van der Waals surface area contributed by atoms with Crippen molar-refractivity contribution in [1.82, 2.24) is 0 Å². The van der Waals surface area contributed by atoms with Crippen molar-refractivity contribution in [2.45, 2.75) is 0 Å². The van der Waals surface area contributed by atoms with Crippen LogP contribution in [0.5, 0.6) is 0 Å². The van der Waals surface area contributed by atoms with Gasteiger partial charge in [0.1, 0.15) is 22.3 Å². The summed E-state index contributed by atoms with van der Waals surface area (Å²) in [6.45, 7) is 0. The zero-order valence-electron chi connectivity index (χ0n) is 25.4. The summed E-state index contributed by atoms with van der Waals surface area (Å²) in [6, 6.07) is 57.9. The monoisotopic (exact) mass is 601 g/mol. The first-order valence-electron chi connectivity index (χ1n) is 15.9. The molecule has 10 rings (SSSR count). The van der Waals surface area contributed by atoms with E-state index in [1.165, 1.54) is 32.7 Å². The number of fused-ring (bicyclic) bond motifs is 10. The first kappa shape index (κ1) is 26.0. The van der Waals surface area contributed by atoms with Crippen LogP contribution in [0.1, 0.15) is 0 Å². The molecular weight excluding hydrogens is 574 g/mol. The maximum absolute atomic E-state index is 6.62. The molecule has 3 heteroatoms. The maximum Gasteiger partial charge on any atom is 0.147 e. The van der Waals surface area contributed by atoms with Gasteiger partial charge in [-0.3, -0.25) is 0 Å². The largest absolute Gasteiger partial charge is 0.456 e. The van der Waals surface area contributed by atoms with Crippen molar-refractivity contribution in [3.05, 3.63) is 164 Å². The molecule has 220 valence electrons. The molecule has 0 saturated heterocycles. The molecule has 10 aromatic rings. The van der Waals surface area contributed by atoms with Crippen LogP contribution in [0.25, 0.3) is 76.5 Å². The van der Waals surface area contributed by atoms with E-state index in [2.05, 4.69) is 169 Å². The van der Waals surface area contributed by atoms with Gasteiger partial charge < -0.3 is 13.7 Å². The maximum atomic E-state index is 6.62. The average molecular weight is 602 g/mol. The number of nitrogens with zero attached hydrogens (tertiary/aromatic N) is 1. The number of hydrogen-bond donors (Lipinski definition) is 0. The van der Waals surface area contributed by atoms with E-state index in [0.29, 0.717) is 0 Å². The number of hydrogen-bond acceptors (Lipinski definition) is 3. The fourth-order valence-corrected chi connectivity index (χ4v) is 7.19. The molecule has 8 aromatic carbocycles. The smallest absolute Gasteiger partial charge is 0.147 e. The second-order valence-electron chi connectivity index (χ2n) is 12.1. The average Bonchev–Trinajstić information content (AvgIpc) is 3.71. The molecule has 0 aliphatic carbocycles. The topological polar surface area (TPSA) is 29.5 Å². The van der Waals surface area contributed by atoms with E-state index < -0.39 is 0 Å². The van der Waals surface area contributed by atoms with Crippen molar-refractivity contribution in [2.24, 2.45) is 0 Å². The highest BCUT2D eigenvalue weighted by atomic mass is 16.3. The highest BCUT2D eigenvalue weighted by molar-refractivity contribution is 6.26. The summed E-state index contributed by atoms with van der Waals surface area (Å²) in [5.41, 5.74) is 8.99. The van der Waals surface area contributed by atoms with Crippen molar-refractivity contribution in [3.8, 4) is 11.1 Å². The van der Waals surface area contributed by atoms with Crippen molar-refractivity contribution in [2.75, 3.05) is 4.90 Å². The van der Waals surface area contributed by atoms with E-state index in [-0.39, 0.29) is 0 Å². The van der Waals surface area contributed by atoms with Gasteiger partial charge in [0.2, 0.25) is 0 Å². The molecule has 0 aliphatic rings. The van der Waals surface area contributed by atoms with Crippen LogP contribution in [0.15, 0.2) is 173 Å². The Kier molecular flexibility index (Phi) is 5.57. The lowest BCUT2D eigenvalue weighted by Gasteiger charge is -2.25. The van der Waals surface area contributed by atoms with E-state index in [4.69, 9.17) is 8.83 Å². The van der Waals surface area contributed by atoms with Gasteiger partial charge in [-0.2, -0.15) is 0 Å². The van der Waals surface area contributed by atoms with E-state index in [1.54, 1.807) is 0 Å². The molecular formula is C44H27NO2. The van der Waals surface area contributed by atoms with Gasteiger partial charge in [0.05, 0.1) is 5.39 Å². The number of para-hydroxylation sites is 1. The SMILES string of the molecule is c1ccc(N(c2ccc(-c3ccc4ccccc4c3)cc2)c2ccc3oc4ccc5c(oc6ccc7ccccc7c65)c4c3c2)cc1. The van der Waals surface area contributed by atoms with Gasteiger partial charge >= 0.3 is 0 Å². The third kappa shape index (κ3) is 4.07. The summed E-state index contributed by atoms with van der Waals surface area (Å²) in [4.78, 5) is 2.30. The number of anilines is 3. The predicted molar refractivity (Wildman–Crippen MR) is 196 cm³/mol. The van der Waals surface area contributed by atoms with Crippen LogP contribution in [0.3, 0.4) is 0 Å². The Morgan fingerprint density at radius 1 is 0.340 bits per heavy atom. The minimum atomic E-state index is 0.819. The molecule has 47 heavy (non-hydrogen) atoms. The molecule has 2 aromatic heterocycles. The Hall–Kier alpha value is -6.32. The van der Waals surface area contributed by atoms with Crippen molar-refractivity contribution < 1.29 is 8.83 Å². The Bertz CT molecular complexity index is 2790. The standard InChI is InChI=1S/C44H27NO2/c1-2-11-33(12-3-1)45(34-19-16-29(17-20-34)32-15-14-28-8-4-5-10-31(28)26-32)35-21-24-39-38(27-35)43-41(46-39)25-22-37-42-36-13-7-6-9-30(36)18-23-40(42)47-44(37)43/h1-27H. The zero-order valence-corrected chi connectivity index (χ0v) is 25.4. The molecule has 0 saturated carbocycles. The van der Waals surface area contributed by atoms with Crippen LogP contribution in [-0.4, -0.2) is 0 Å². The normalized spacial score (nSPS) is 11.8. The summed E-state index contributed by atoms with van der Waals surface area (Å²) in [7, 11) is 0. The summed E-state index contributed by atoms with van der Waals surface area (Å²) < 4.78 is 13.0. The fourth-order valence-electron chi connectivity index (χ4n) is 7.19. The van der Waals surface area contributed by atoms with Crippen LogP contribution in [0.2, 0.25) is 0 Å². The molecule has 0 spiro atoms. The third-order valence-electron chi connectivity index (χ3n) is 9.42. The van der Waals surface area contributed by atoms with Gasteiger partial charge in [-0.15, -0.1) is 0 Å². The quantitative estimate of drug-likeness (QED) is 0.201. The number of benzene rings is 8. The molecule has 0 fully saturated rings. The van der Waals surface area contributed by atoms with Crippen molar-refractivity contribution in [3.63, 3.8) is 0 Å². The van der Waals surface area contributed by atoms with Crippen LogP contribution in [0.4, 0.5) is 17.1 Å². The van der Waals surface area contributed by atoms with Crippen LogP contribution in [-0.2, 0) is 0 Å². The van der Waals surface area contributed by atoms with Crippen LogP contribution in [0, 0.1) is 0 Å². The second-order valence-corrected chi connectivity index (χ2v) is 12.1. The number of rotatable bonds is 4. The molecule has 0 aliphatic heterocycles. The molecule has 0 amide bonds. The minimum Gasteiger partial charge on any atom is -0.456 e. The summed E-state index contributed by atoms with van der Waals surface area (Å²) in [5.74, 6) is 0. The van der Waals surface area contributed by atoms with Crippen molar-refractivity contribution in [1.29, 1.82) is 0 Å².